The Morgan fingerprint density at radius 2 is 2.40 bits per heavy atom. The van der Waals surface area contributed by atoms with E-state index >= 15 is 0 Å². The topological polar surface area (TPSA) is 48.1 Å². The summed E-state index contributed by atoms with van der Waals surface area (Å²) in [4.78, 5) is 4.52. The van der Waals surface area contributed by atoms with Gasteiger partial charge in [0, 0.05) is 18.2 Å². The van der Waals surface area contributed by atoms with Crippen molar-refractivity contribution in [3.05, 3.63) is 16.1 Å². The average molecular weight is 226 g/mol. The second-order valence-electron chi connectivity index (χ2n) is 4.30. The Bertz CT molecular complexity index is 339. The summed E-state index contributed by atoms with van der Waals surface area (Å²) in [5.74, 6) is 0. The van der Waals surface area contributed by atoms with Gasteiger partial charge in [-0.1, -0.05) is 12.8 Å². The largest absolute Gasteiger partial charge is 0.379 e. The summed E-state index contributed by atoms with van der Waals surface area (Å²) in [6.45, 7) is 2.01. The molecule has 0 aromatic carbocycles. The fourth-order valence-electron chi connectivity index (χ4n) is 2.31. The van der Waals surface area contributed by atoms with E-state index in [1.165, 1.54) is 12.8 Å². The maximum Gasteiger partial charge on any atom is 0.115 e. The average Bonchev–Trinajstić information content (AvgIpc) is 2.66. The van der Waals surface area contributed by atoms with Crippen molar-refractivity contribution in [2.24, 2.45) is 5.73 Å². The number of hydrogen-bond donors (Lipinski definition) is 1. The Morgan fingerprint density at radius 1 is 1.60 bits per heavy atom. The molecular weight excluding hydrogens is 208 g/mol. The fourth-order valence-corrected chi connectivity index (χ4v) is 3.29. The fraction of sp³-hybridized carbons (Fsp3) is 0.727. The molecule has 3 nitrogen and oxygen atoms in total. The third-order valence-corrected chi connectivity index (χ3v) is 4.34. The van der Waals surface area contributed by atoms with E-state index in [0.29, 0.717) is 0 Å². The summed E-state index contributed by atoms with van der Waals surface area (Å²) in [6, 6.07) is 0. The molecular formula is C11H18N2OS. The molecule has 2 N–H and O–H groups in total. The first-order valence-corrected chi connectivity index (χ1v) is 6.29. The molecule has 0 saturated heterocycles. The molecule has 1 aliphatic carbocycles. The van der Waals surface area contributed by atoms with Gasteiger partial charge in [-0.3, -0.25) is 0 Å². The van der Waals surface area contributed by atoms with E-state index in [-0.39, 0.29) is 11.6 Å². The first kappa shape index (κ1) is 11.0. The SMILES string of the molecule is COC1CCCCC1(N)c1nc(C)cs1. The van der Waals surface area contributed by atoms with Gasteiger partial charge in [0.05, 0.1) is 11.6 Å². The highest BCUT2D eigenvalue weighted by atomic mass is 32.1. The lowest BCUT2D eigenvalue weighted by molar-refractivity contribution is 0.00365. The van der Waals surface area contributed by atoms with Crippen LogP contribution in [0.4, 0.5) is 0 Å². The monoisotopic (exact) mass is 226 g/mol. The minimum atomic E-state index is -0.355. The third kappa shape index (κ3) is 1.94. The van der Waals surface area contributed by atoms with Gasteiger partial charge in [0.25, 0.3) is 0 Å². The number of aromatic nitrogens is 1. The maximum absolute atomic E-state index is 6.47. The molecule has 0 radical (unpaired) electrons. The molecule has 0 bridgehead atoms. The van der Waals surface area contributed by atoms with E-state index in [1.807, 2.05) is 6.92 Å². The highest BCUT2D eigenvalue weighted by Crippen LogP contribution is 2.37. The Labute approximate surface area is 94.7 Å². The van der Waals surface area contributed by atoms with Gasteiger partial charge < -0.3 is 10.5 Å². The molecule has 4 heteroatoms. The van der Waals surface area contributed by atoms with E-state index < -0.39 is 0 Å². The van der Waals surface area contributed by atoms with Crippen LogP contribution in [0.1, 0.15) is 36.4 Å². The number of nitrogens with two attached hydrogens (primary N) is 1. The Hall–Kier alpha value is -0.450. The van der Waals surface area contributed by atoms with Crippen molar-refractivity contribution in [2.45, 2.75) is 44.2 Å². The van der Waals surface area contributed by atoms with Gasteiger partial charge in [0.15, 0.2) is 0 Å². The summed E-state index contributed by atoms with van der Waals surface area (Å²) in [5, 5.41) is 3.09. The molecule has 1 aliphatic rings. The van der Waals surface area contributed by atoms with Crippen LogP contribution in [0.3, 0.4) is 0 Å². The van der Waals surface area contributed by atoms with Gasteiger partial charge in [-0.25, -0.2) is 4.98 Å². The second-order valence-corrected chi connectivity index (χ2v) is 5.16. The molecule has 0 spiro atoms. The molecule has 0 amide bonds. The van der Waals surface area contributed by atoms with Crippen LogP contribution in [-0.2, 0) is 10.3 Å². The molecule has 0 aliphatic heterocycles. The van der Waals surface area contributed by atoms with Crippen molar-refractivity contribution in [2.75, 3.05) is 7.11 Å². The van der Waals surface area contributed by atoms with E-state index in [0.717, 1.165) is 23.5 Å². The van der Waals surface area contributed by atoms with Crippen molar-refractivity contribution in [1.82, 2.24) is 4.98 Å². The minimum Gasteiger partial charge on any atom is -0.379 e. The molecule has 84 valence electrons. The van der Waals surface area contributed by atoms with Gasteiger partial charge in [-0.05, 0) is 19.8 Å². The minimum absolute atomic E-state index is 0.122. The van der Waals surface area contributed by atoms with Crippen LogP contribution in [0.2, 0.25) is 0 Å². The molecule has 1 aromatic heterocycles. The quantitative estimate of drug-likeness (QED) is 0.841. The first-order valence-electron chi connectivity index (χ1n) is 5.41. The van der Waals surface area contributed by atoms with Gasteiger partial charge >= 0.3 is 0 Å². The predicted octanol–water partition coefficient (Wildman–Crippen LogP) is 2.19. The number of ether oxygens (including phenoxy) is 1. The van der Waals surface area contributed by atoms with Crippen LogP contribution < -0.4 is 5.73 Å². The molecule has 15 heavy (non-hydrogen) atoms. The molecule has 1 aromatic rings. The molecule has 1 heterocycles. The number of rotatable bonds is 2. The summed E-state index contributed by atoms with van der Waals surface area (Å²) < 4.78 is 5.51. The summed E-state index contributed by atoms with van der Waals surface area (Å²) in [6.07, 6.45) is 4.54. The molecule has 1 fully saturated rings. The number of hydrogen-bond acceptors (Lipinski definition) is 4. The van der Waals surface area contributed by atoms with Crippen LogP contribution in [0.25, 0.3) is 0 Å². The summed E-state index contributed by atoms with van der Waals surface area (Å²) in [7, 11) is 1.75. The van der Waals surface area contributed by atoms with Gasteiger partial charge in [-0.15, -0.1) is 11.3 Å². The highest BCUT2D eigenvalue weighted by molar-refractivity contribution is 7.09. The van der Waals surface area contributed by atoms with E-state index in [1.54, 1.807) is 18.4 Å². The van der Waals surface area contributed by atoms with Gasteiger partial charge in [-0.2, -0.15) is 0 Å². The van der Waals surface area contributed by atoms with Crippen molar-refractivity contribution in [1.29, 1.82) is 0 Å². The summed E-state index contributed by atoms with van der Waals surface area (Å²) in [5.41, 5.74) is 7.17. The zero-order valence-corrected chi connectivity index (χ0v) is 10.1. The zero-order valence-electron chi connectivity index (χ0n) is 9.32. The molecule has 2 atom stereocenters. The van der Waals surface area contributed by atoms with Crippen LogP contribution >= 0.6 is 11.3 Å². The Morgan fingerprint density at radius 3 is 3.00 bits per heavy atom. The van der Waals surface area contributed by atoms with Crippen molar-refractivity contribution in [3.8, 4) is 0 Å². The van der Waals surface area contributed by atoms with Gasteiger partial charge in [0.2, 0.25) is 0 Å². The van der Waals surface area contributed by atoms with Crippen LogP contribution in [-0.4, -0.2) is 18.2 Å². The van der Waals surface area contributed by atoms with Crippen molar-refractivity contribution >= 4 is 11.3 Å². The molecule has 2 unspecified atom stereocenters. The van der Waals surface area contributed by atoms with E-state index in [9.17, 15) is 0 Å². The van der Waals surface area contributed by atoms with E-state index in [2.05, 4.69) is 10.4 Å². The zero-order chi connectivity index (χ0) is 10.9. The molecule has 1 saturated carbocycles. The number of thiazole rings is 1. The van der Waals surface area contributed by atoms with Gasteiger partial charge in [0.1, 0.15) is 5.01 Å². The Balaban J connectivity index is 2.29. The second kappa shape index (κ2) is 4.20. The van der Waals surface area contributed by atoms with Crippen LogP contribution in [0.5, 0.6) is 0 Å². The highest BCUT2D eigenvalue weighted by Gasteiger charge is 2.41. The number of nitrogens with zero attached hydrogens (tertiary/aromatic N) is 1. The third-order valence-electron chi connectivity index (χ3n) is 3.18. The smallest absolute Gasteiger partial charge is 0.115 e. The maximum atomic E-state index is 6.47. The van der Waals surface area contributed by atoms with Crippen LogP contribution in [0, 0.1) is 6.92 Å². The van der Waals surface area contributed by atoms with Crippen molar-refractivity contribution in [3.63, 3.8) is 0 Å². The molecule has 2 rings (SSSR count). The standard InChI is InChI=1S/C11H18N2OS/c1-8-7-15-10(13-8)11(12)6-4-3-5-9(11)14-2/h7,9H,3-6,12H2,1-2H3. The first-order chi connectivity index (χ1) is 7.16. The number of methoxy groups -OCH3 is 1. The predicted molar refractivity (Wildman–Crippen MR) is 62.0 cm³/mol. The lowest BCUT2D eigenvalue weighted by Crippen LogP contribution is -2.50. The lowest BCUT2D eigenvalue weighted by Gasteiger charge is -2.38. The Kier molecular flexibility index (Phi) is 3.09. The van der Waals surface area contributed by atoms with Crippen molar-refractivity contribution < 1.29 is 4.74 Å². The van der Waals surface area contributed by atoms with E-state index in [4.69, 9.17) is 10.5 Å². The van der Waals surface area contributed by atoms with Crippen LogP contribution in [0.15, 0.2) is 5.38 Å². The normalized spacial score (nSPS) is 31.8. The number of aryl methyl sites for hydroxylation is 1. The lowest BCUT2D eigenvalue weighted by atomic mass is 9.80. The summed E-state index contributed by atoms with van der Waals surface area (Å²) >= 11 is 1.66.